The van der Waals surface area contributed by atoms with E-state index in [1.807, 2.05) is 0 Å². The summed E-state index contributed by atoms with van der Waals surface area (Å²) in [6.07, 6.45) is 0. The van der Waals surface area contributed by atoms with Gasteiger partial charge in [0, 0.05) is 15.6 Å². The van der Waals surface area contributed by atoms with Crippen LogP contribution >= 0.6 is 23.2 Å². The van der Waals surface area contributed by atoms with Crippen molar-refractivity contribution in [3.63, 3.8) is 0 Å². The number of halogens is 2. The third-order valence-electron chi connectivity index (χ3n) is 2.69. The summed E-state index contributed by atoms with van der Waals surface area (Å²) in [5.74, 6) is -2.08. The van der Waals surface area contributed by atoms with E-state index in [0.29, 0.717) is 15.6 Å². The van der Waals surface area contributed by atoms with Crippen LogP contribution < -0.4 is 0 Å². The zero-order valence-corrected chi connectivity index (χ0v) is 10.4. The summed E-state index contributed by atoms with van der Waals surface area (Å²) >= 11 is 11.7. The molecule has 0 saturated carbocycles. The van der Waals surface area contributed by atoms with Crippen LogP contribution in [0.2, 0.25) is 10.0 Å². The van der Waals surface area contributed by atoms with E-state index in [0.717, 1.165) is 0 Å². The molecule has 0 bridgehead atoms. The van der Waals surface area contributed by atoms with Gasteiger partial charge in [-0.1, -0.05) is 23.2 Å². The summed E-state index contributed by atoms with van der Waals surface area (Å²) in [6, 6.07) is 4.58. The fraction of sp³-hybridized carbons (Fsp3) is 0.364. The Balaban J connectivity index is 3.25. The van der Waals surface area contributed by atoms with Crippen LogP contribution in [0.5, 0.6) is 0 Å². The first-order chi connectivity index (χ1) is 7.26. The summed E-state index contributed by atoms with van der Waals surface area (Å²) < 4.78 is 0. The molecule has 5 heteroatoms. The molecule has 88 valence electrons. The van der Waals surface area contributed by atoms with Gasteiger partial charge in [0.2, 0.25) is 0 Å². The number of carboxylic acid groups (broad SMARTS) is 1. The Morgan fingerprint density at radius 1 is 1.44 bits per heavy atom. The maximum absolute atomic E-state index is 10.9. The molecule has 2 atom stereocenters. The average Bonchev–Trinajstić information content (AvgIpc) is 2.20. The van der Waals surface area contributed by atoms with Gasteiger partial charge in [-0.05, 0) is 32.0 Å². The van der Waals surface area contributed by atoms with Crippen molar-refractivity contribution in [2.75, 3.05) is 0 Å². The quantitative estimate of drug-likeness (QED) is 0.881. The number of carbonyl (C=O) groups is 1. The van der Waals surface area contributed by atoms with Gasteiger partial charge in [0.15, 0.2) is 0 Å². The highest BCUT2D eigenvalue weighted by Gasteiger charge is 2.37. The lowest BCUT2D eigenvalue weighted by Crippen LogP contribution is -2.35. The monoisotopic (exact) mass is 262 g/mol. The molecule has 16 heavy (non-hydrogen) atoms. The number of hydrogen-bond donors (Lipinski definition) is 2. The Labute approximate surface area is 104 Å². The molecule has 0 spiro atoms. The highest BCUT2D eigenvalue weighted by atomic mass is 35.5. The fourth-order valence-corrected chi connectivity index (χ4v) is 1.84. The van der Waals surface area contributed by atoms with Crippen molar-refractivity contribution in [1.82, 2.24) is 0 Å². The molecule has 0 amide bonds. The van der Waals surface area contributed by atoms with Gasteiger partial charge in [-0.25, -0.2) is 0 Å². The van der Waals surface area contributed by atoms with Crippen LogP contribution in [0.4, 0.5) is 0 Å². The van der Waals surface area contributed by atoms with Gasteiger partial charge in [-0.3, -0.25) is 4.79 Å². The molecule has 0 heterocycles. The molecule has 2 unspecified atom stereocenters. The van der Waals surface area contributed by atoms with Crippen LogP contribution in [-0.4, -0.2) is 16.2 Å². The number of benzene rings is 1. The second kappa shape index (κ2) is 4.62. The highest BCUT2D eigenvalue weighted by Crippen LogP contribution is 2.35. The standard InChI is InChI=1S/C11H12Cl2O3/c1-6(10(14)15)11(2,16)8-5-7(12)3-4-9(8)13/h3-6,16H,1-2H3,(H,14,15). The molecule has 0 aliphatic carbocycles. The molecule has 0 aliphatic heterocycles. The molecule has 0 aromatic heterocycles. The minimum absolute atomic E-state index is 0.294. The zero-order valence-electron chi connectivity index (χ0n) is 8.87. The van der Waals surface area contributed by atoms with Crippen LogP contribution in [0.1, 0.15) is 19.4 Å². The summed E-state index contributed by atoms with van der Waals surface area (Å²) in [7, 11) is 0. The van der Waals surface area contributed by atoms with Gasteiger partial charge < -0.3 is 10.2 Å². The smallest absolute Gasteiger partial charge is 0.309 e. The number of hydrogen-bond acceptors (Lipinski definition) is 2. The number of carboxylic acids is 1. The maximum atomic E-state index is 10.9. The molecule has 0 fully saturated rings. The van der Waals surface area contributed by atoms with E-state index in [9.17, 15) is 9.90 Å². The summed E-state index contributed by atoms with van der Waals surface area (Å²) in [5.41, 5.74) is -1.25. The van der Waals surface area contributed by atoms with Crippen molar-refractivity contribution >= 4 is 29.2 Å². The fourth-order valence-electron chi connectivity index (χ4n) is 1.36. The largest absolute Gasteiger partial charge is 0.481 e. The number of aliphatic carboxylic acids is 1. The first-order valence-corrected chi connectivity index (χ1v) is 5.43. The summed E-state index contributed by atoms with van der Waals surface area (Å²) in [4.78, 5) is 10.9. The van der Waals surface area contributed by atoms with Gasteiger partial charge in [0.1, 0.15) is 5.60 Å². The van der Waals surface area contributed by atoms with Crippen LogP contribution in [-0.2, 0) is 10.4 Å². The Morgan fingerprint density at radius 2 is 2.00 bits per heavy atom. The van der Waals surface area contributed by atoms with E-state index in [1.165, 1.54) is 26.0 Å². The van der Waals surface area contributed by atoms with Crippen molar-refractivity contribution in [3.8, 4) is 0 Å². The normalized spacial score (nSPS) is 16.6. The minimum Gasteiger partial charge on any atom is -0.481 e. The SMILES string of the molecule is CC(C(=O)O)C(C)(O)c1cc(Cl)ccc1Cl. The first-order valence-electron chi connectivity index (χ1n) is 4.67. The molecule has 0 radical (unpaired) electrons. The third-order valence-corrected chi connectivity index (χ3v) is 3.25. The number of aliphatic hydroxyl groups is 1. The van der Waals surface area contributed by atoms with E-state index >= 15 is 0 Å². The van der Waals surface area contributed by atoms with Crippen molar-refractivity contribution in [3.05, 3.63) is 33.8 Å². The van der Waals surface area contributed by atoms with Crippen molar-refractivity contribution < 1.29 is 15.0 Å². The molecule has 1 aromatic rings. The molecule has 1 rings (SSSR count). The predicted octanol–water partition coefficient (Wildman–Crippen LogP) is 2.92. The van der Waals surface area contributed by atoms with Gasteiger partial charge in [-0.2, -0.15) is 0 Å². The Kier molecular flexibility index (Phi) is 3.84. The lowest BCUT2D eigenvalue weighted by atomic mass is 9.84. The molecule has 0 aliphatic rings. The molecular weight excluding hydrogens is 251 g/mol. The van der Waals surface area contributed by atoms with Crippen LogP contribution in [0.3, 0.4) is 0 Å². The zero-order chi connectivity index (χ0) is 12.5. The van der Waals surface area contributed by atoms with Crippen molar-refractivity contribution in [2.45, 2.75) is 19.4 Å². The van der Waals surface area contributed by atoms with Crippen LogP contribution in [0.15, 0.2) is 18.2 Å². The average molecular weight is 263 g/mol. The Morgan fingerprint density at radius 3 is 2.50 bits per heavy atom. The highest BCUT2D eigenvalue weighted by molar-refractivity contribution is 6.33. The lowest BCUT2D eigenvalue weighted by molar-refractivity contribution is -0.150. The maximum Gasteiger partial charge on any atom is 0.309 e. The van der Waals surface area contributed by atoms with Crippen molar-refractivity contribution in [2.24, 2.45) is 5.92 Å². The van der Waals surface area contributed by atoms with Gasteiger partial charge in [-0.15, -0.1) is 0 Å². The lowest BCUT2D eigenvalue weighted by Gasteiger charge is -2.28. The van der Waals surface area contributed by atoms with Gasteiger partial charge in [0.25, 0.3) is 0 Å². The van der Waals surface area contributed by atoms with Crippen LogP contribution in [0, 0.1) is 5.92 Å². The van der Waals surface area contributed by atoms with E-state index < -0.39 is 17.5 Å². The Bertz CT molecular complexity index is 416. The third kappa shape index (κ3) is 2.48. The minimum atomic E-state index is -1.56. The Hall–Kier alpha value is -0.770. The molecule has 2 N–H and O–H groups in total. The van der Waals surface area contributed by atoms with E-state index in [4.69, 9.17) is 28.3 Å². The summed E-state index contributed by atoms with van der Waals surface area (Å²) in [5, 5.41) is 19.8. The first kappa shape index (κ1) is 13.3. The molecule has 1 aromatic carbocycles. The van der Waals surface area contributed by atoms with Crippen molar-refractivity contribution in [1.29, 1.82) is 0 Å². The second-order valence-corrected chi connectivity index (χ2v) is 4.68. The topological polar surface area (TPSA) is 57.5 Å². The van der Waals surface area contributed by atoms with E-state index in [-0.39, 0.29) is 0 Å². The summed E-state index contributed by atoms with van der Waals surface area (Å²) in [6.45, 7) is 2.82. The number of rotatable bonds is 3. The van der Waals surface area contributed by atoms with Gasteiger partial charge in [0.05, 0.1) is 5.92 Å². The van der Waals surface area contributed by atoms with E-state index in [1.54, 1.807) is 6.07 Å². The van der Waals surface area contributed by atoms with E-state index in [2.05, 4.69) is 0 Å². The predicted molar refractivity (Wildman–Crippen MR) is 62.8 cm³/mol. The molecular formula is C11H12Cl2O3. The second-order valence-electron chi connectivity index (χ2n) is 3.83. The molecule has 3 nitrogen and oxygen atoms in total. The van der Waals surface area contributed by atoms with Gasteiger partial charge >= 0.3 is 5.97 Å². The molecule has 0 saturated heterocycles. The van der Waals surface area contributed by atoms with Crippen LogP contribution in [0.25, 0.3) is 0 Å².